The van der Waals surface area contributed by atoms with E-state index in [9.17, 15) is 29.0 Å². The zero-order valence-electron chi connectivity index (χ0n) is 19.4. The van der Waals surface area contributed by atoms with Gasteiger partial charge in [-0.3, -0.25) is 18.7 Å². The van der Waals surface area contributed by atoms with Crippen LogP contribution in [0.15, 0.2) is 34.0 Å². The Balaban J connectivity index is 1.48. The van der Waals surface area contributed by atoms with Gasteiger partial charge < -0.3 is 20.3 Å². The number of benzene rings is 1. The van der Waals surface area contributed by atoms with Crippen LogP contribution >= 0.6 is 0 Å². The minimum Gasteiger partial charge on any atom is -0.394 e. The summed E-state index contributed by atoms with van der Waals surface area (Å²) in [7, 11) is 0. The Labute approximate surface area is 201 Å². The molecule has 3 atom stereocenters. The van der Waals surface area contributed by atoms with Crippen molar-refractivity contribution in [2.24, 2.45) is 0 Å². The molecule has 1 fully saturated rings. The third-order valence-corrected chi connectivity index (χ3v) is 6.00. The molecule has 35 heavy (non-hydrogen) atoms. The SMILES string of the molecule is Cc1cn([C@H]2C[C@H](O)[C@@H](CO)O2)c(=O)n(CCCCCCNC(=O)c2ccc([18F])c(C#N)c2)c1=O. The van der Waals surface area contributed by atoms with E-state index in [1.807, 2.05) is 0 Å². The van der Waals surface area contributed by atoms with Crippen molar-refractivity contribution >= 4 is 5.91 Å². The number of ether oxygens (including phenoxy) is 1. The van der Waals surface area contributed by atoms with E-state index in [0.29, 0.717) is 24.9 Å². The second-order valence-corrected chi connectivity index (χ2v) is 8.55. The van der Waals surface area contributed by atoms with Gasteiger partial charge in [0.05, 0.1) is 18.3 Å². The van der Waals surface area contributed by atoms with E-state index in [-0.39, 0.29) is 36.3 Å². The lowest BCUT2D eigenvalue weighted by atomic mass is 10.1. The van der Waals surface area contributed by atoms with Gasteiger partial charge in [-0.25, -0.2) is 9.18 Å². The van der Waals surface area contributed by atoms with E-state index in [1.165, 1.54) is 22.9 Å². The number of unbranched alkanes of at least 4 members (excludes halogenated alkanes) is 3. The van der Waals surface area contributed by atoms with Crippen LogP contribution in [0.1, 0.15) is 59.8 Å². The topological polar surface area (TPSA) is 147 Å². The fraction of sp³-hybridized carbons (Fsp3) is 0.500. The molecular weight excluding hydrogens is 458 g/mol. The van der Waals surface area contributed by atoms with Gasteiger partial charge in [-0.2, -0.15) is 5.26 Å². The van der Waals surface area contributed by atoms with Crippen molar-refractivity contribution in [1.29, 1.82) is 5.26 Å². The molecule has 0 saturated carbocycles. The summed E-state index contributed by atoms with van der Waals surface area (Å²) in [5, 5.41) is 30.8. The van der Waals surface area contributed by atoms with Crippen LogP contribution in [0.5, 0.6) is 0 Å². The molecule has 11 heteroatoms. The van der Waals surface area contributed by atoms with Crippen molar-refractivity contribution in [3.05, 3.63) is 67.7 Å². The highest BCUT2D eigenvalue weighted by molar-refractivity contribution is 5.94. The average molecular weight is 488 g/mol. The minimum atomic E-state index is -0.894. The highest BCUT2D eigenvalue weighted by atomic mass is 18.2. The Bertz CT molecular complexity index is 1220. The maximum atomic E-state index is 13.4. The smallest absolute Gasteiger partial charge is 0.333 e. The number of carbonyl (C=O) groups excluding carboxylic acids is 1. The lowest BCUT2D eigenvalue weighted by molar-refractivity contribution is -0.0464. The van der Waals surface area contributed by atoms with Gasteiger partial charge in [-0.05, 0) is 38.0 Å². The summed E-state index contributed by atoms with van der Waals surface area (Å²) in [6.07, 6.45) is 1.85. The van der Waals surface area contributed by atoms with Gasteiger partial charge in [0.2, 0.25) is 0 Å². The van der Waals surface area contributed by atoms with Crippen LogP contribution in [-0.2, 0) is 11.3 Å². The summed E-state index contributed by atoms with van der Waals surface area (Å²) in [5.74, 6) is -1.07. The number of aromatic nitrogens is 2. The van der Waals surface area contributed by atoms with Crippen LogP contribution in [0.25, 0.3) is 0 Å². The quantitative estimate of drug-likeness (QED) is 0.423. The molecule has 1 saturated heterocycles. The van der Waals surface area contributed by atoms with Crippen molar-refractivity contribution in [3.63, 3.8) is 0 Å². The third-order valence-electron chi connectivity index (χ3n) is 6.00. The summed E-state index contributed by atoms with van der Waals surface area (Å²) in [6, 6.07) is 5.31. The molecule has 2 aromatic rings. The first-order chi connectivity index (χ1) is 16.8. The standard InChI is InChI=1S/C24H29FN4O6/c1-15-13-29(21-11-19(31)20(14-30)35-21)24(34)28(23(15)33)9-5-3-2-4-8-27-22(32)16-6-7-18(25)17(10-16)12-26/h6-7,10,13,19-21,30-31H,2-5,8-9,11,14H2,1H3,(H,27,32)/t19-,20+,21+/m0/s1/i25-1. The molecule has 0 radical (unpaired) electrons. The maximum Gasteiger partial charge on any atom is 0.333 e. The molecule has 188 valence electrons. The molecule has 1 amide bonds. The fourth-order valence-corrected chi connectivity index (χ4v) is 4.02. The van der Waals surface area contributed by atoms with Crippen LogP contribution < -0.4 is 16.6 Å². The van der Waals surface area contributed by atoms with E-state index in [0.717, 1.165) is 23.5 Å². The van der Waals surface area contributed by atoms with Crippen LogP contribution in [0.3, 0.4) is 0 Å². The number of aryl methyl sites for hydroxylation is 1. The first-order valence-electron chi connectivity index (χ1n) is 11.5. The number of hydrogen-bond donors (Lipinski definition) is 3. The Kier molecular flexibility index (Phi) is 8.92. The third kappa shape index (κ3) is 6.22. The molecular formula is C24H29FN4O6. The molecule has 1 aliphatic heterocycles. The fourth-order valence-electron chi connectivity index (χ4n) is 4.02. The van der Waals surface area contributed by atoms with E-state index in [1.54, 1.807) is 13.0 Å². The highest BCUT2D eigenvalue weighted by Gasteiger charge is 2.35. The summed E-state index contributed by atoms with van der Waals surface area (Å²) < 4.78 is 21.4. The van der Waals surface area contributed by atoms with Gasteiger partial charge in [0, 0.05) is 36.8 Å². The van der Waals surface area contributed by atoms with Crippen molar-refractivity contribution in [1.82, 2.24) is 14.5 Å². The lowest BCUT2D eigenvalue weighted by Gasteiger charge is -2.17. The molecule has 0 aliphatic carbocycles. The van der Waals surface area contributed by atoms with Crippen LogP contribution in [-0.4, -0.2) is 50.6 Å². The van der Waals surface area contributed by atoms with E-state index < -0.39 is 35.8 Å². The molecule has 0 unspecified atom stereocenters. The molecule has 3 rings (SSSR count). The molecule has 2 heterocycles. The first kappa shape index (κ1) is 26.3. The van der Waals surface area contributed by atoms with E-state index in [2.05, 4.69) is 5.32 Å². The minimum absolute atomic E-state index is 0.143. The Morgan fingerprint density at radius 3 is 2.71 bits per heavy atom. The molecule has 0 bridgehead atoms. The number of hydrogen-bond acceptors (Lipinski definition) is 7. The first-order valence-corrected chi connectivity index (χ1v) is 11.5. The number of carbonyl (C=O) groups is 1. The number of aliphatic hydroxyl groups excluding tert-OH is 2. The summed E-state index contributed by atoms with van der Waals surface area (Å²) >= 11 is 0. The van der Waals surface area contributed by atoms with Gasteiger partial charge in [-0.1, -0.05) is 12.8 Å². The zero-order chi connectivity index (χ0) is 25.5. The van der Waals surface area contributed by atoms with E-state index in [4.69, 9.17) is 10.00 Å². The largest absolute Gasteiger partial charge is 0.394 e. The molecule has 1 aliphatic rings. The zero-order valence-corrected chi connectivity index (χ0v) is 19.4. The number of nitrogens with zero attached hydrogens (tertiary/aromatic N) is 3. The monoisotopic (exact) mass is 487 g/mol. The molecule has 0 spiro atoms. The predicted octanol–water partition coefficient (Wildman–Crippen LogP) is 0.960. The summed E-state index contributed by atoms with van der Waals surface area (Å²) in [5.41, 5.74) is -0.515. The van der Waals surface area contributed by atoms with Crippen LogP contribution in [0.2, 0.25) is 0 Å². The number of rotatable bonds is 10. The Morgan fingerprint density at radius 2 is 2.03 bits per heavy atom. The Hall–Kier alpha value is -3.33. The summed E-state index contributed by atoms with van der Waals surface area (Å²) in [6.45, 7) is 1.85. The van der Waals surface area contributed by atoms with Gasteiger partial charge in [0.25, 0.3) is 11.5 Å². The van der Waals surface area contributed by atoms with Crippen LogP contribution in [0.4, 0.5) is 4.39 Å². The molecule has 1 aromatic heterocycles. The predicted molar refractivity (Wildman–Crippen MR) is 123 cm³/mol. The number of nitrogens with one attached hydrogen (secondary N) is 1. The number of aliphatic hydroxyl groups is 2. The second kappa shape index (κ2) is 11.9. The molecule has 3 N–H and O–H groups in total. The number of nitriles is 1. The van der Waals surface area contributed by atoms with Crippen molar-refractivity contribution in [3.8, 4) is 6.07 Å². The van der Waals surface area contributed by atoms with Crippen molar-refractivity contribution in [2.45, 2.75) is 64.0 Å². The molecule has 1 aromatic carbocycles. The van der Waals surface area contributed by atoms with Crippen molar-refractivity contribution in [2.75, 3.05) is 13.2 Å². The lowest BCUT2D eigenvalue weighted by Crippen LogP contribution is -2.42. The van der Waals surface area contributed by atoms with Gasteiger partial charge in [-0.15, -0.1) is 0 Å². The second-order valence-electron chi connectivity index (χ2n) is 8.55. The number of amides is 1. The Morgan fingerprint density at radius 1 is 1.29 bits per heavy atom. The molecule has 10 nitrogen and oxygen atoms in total. The number of halogens is 1. The van der Waals surface area contributed by atoms with Crippen LogP contribution in [0, 0.1) is 24.1 Å². The van der Waals surface area contributed by atoms with E-state index >= 15 is 0 Å². The maximum absolute atomic E-state index is 13.4. The average Bonchev–Trinajstić information content (AvgIpc) is 3.22. The van der Waals surface area contributed by atoms with Gasteiger partial charge >= 0.3 is 5.69 Å². The normalized spacial score (nSPS) is 19.5. The summed E-state index contributed by atoms with van der Waals surface area (Å²) in [4.78, 5) is 37.5. The van der Waals surface area contributed by atoms with Crippen molar-refractivity contribution < 1.29 is 24.1 Å². The highest BCUT2D eigenvalue weighted by Crippen LogP contribution is 2.27. The van der Waals surface area contributed by atoms with Gasteiger partial charge in [0.1, 0.15) is 24.2 Å². The van der Waals surface area contributed by atoms with Gasteiger partial charge in [0.15, 0.2) is 0 Å².